The molecular formula is C15H24ClN. The van der Waals surface area contributed by atoms with Crippen molar-refractivity contribution in [1.82, 2.24) is 5.32 Å². The third-order valence-electron chi connectivity index (χ3n) is 3.27. The average molecular weight is 254 g/mol. The molecule has 0 aliphatic rings. The van der Waals surface area contributed by atoms with E-state index in [2.05, 4.69) is 45.1 Å². The molecule has 1 nitrogen and oxygen atoms in total. The number of nitrogens with one attached hydrogen (secondary N) is 1. The van der Waals surface area contributed by atoms with Crippen LogP contribution in [0.2, 0.25) is 5.02 Å². The number of rotatable bonds is 6. The second-order valence-corrected chi connectivity index (χ2v) is 5.81. The Hall–Kier alpha value is -0.530. The van der Waals surface area contributed by atoms with E-state index in [1.807, 2.05) is 12.1 Å². The Kier molecular flexibility index (Phi) is 6.01. The van der Waals surface area contributed by atoms with Crippen LogP contribution in [0.5, 0.6) is 0 Å². The van der Waals surface area contributed by atoms with Gasteiger partial charge in [-0.1, -0.05) is 51.4 Å². The number of benzene rings is 1. The average Bonchev–Trinajstić information content (AvgIpc) is 2.28. The van der Waals surface area contributed by atoms with E-state index < -0.39 is 0 Å². The summed E-state index contributed by atoms with van der Waals surface area (Å²) in [7, 11) is 0. The lowest BCUT2D eigenvalue weighted by Crippen LogP contribution is -2.27. The van der Waals surface area contributed by atoms with Crippen molar-refractivity contribution in [3.8, 4) is 0 Å². The van der Waals surface area contributed by atoms with Gasteiger partial charge < -0.3 is 5.32 Å². The van der Waals surface area contributed by atoms with Crippen molar-refractivity contribution in [1.29, 1.82) is 0 Å². The van der Waals surface area contributed by atoms with Crippen molar-refractivity contribution < 1.29 is 0 Å². The molecule has 0 fully saturated rings. The molecule has 1 aromatic rings. The van der Waals surface area contributed by atoms with E-state index >= 15 is 0 Å². The summed E-state index contributed by atoms with van der Waals surface area (Å²) in [6, 6.07) is 8.21. The van der Waals surface area contributed by atoms with Crippen LogP contribution in [0.15, 0.2) is 24.3 Å². The highest BCUT2D eigenvalue weighted by atomic mass is 35.5. The van der Waals surface area contributed by atoms with Gasteiger partial charge in [0.15, 0.2) is 0 Å². The van der Waals surface area contributed by atoms with E-state index in [9.17, 15) is 0 Å². The van der Waals surface area contributed by atoms with E-state index in [1.165, 1.54) is 5.56 Å². The maximum atomic E-state index is 5.90. The molecule has 2 heteroatoms. The van der Waals surface area contributed by atoms with Crippen LogP contribution >= 0.6 is 11.6 Å². The smallest absolute Gasteiger partial charge is 0.0406 e. The fraction of sp³-hybridized carbons (Fsp3) is 0.600. The zero-order chi connectivity index (χ0) is 12.8. The Bertz CT molecular complexity index is 318. The second kappa shape index (κ2) is 7.03. The first-order valence-corrected chi connectivity index (χ1v) is 6.84. The van der Waals surface area contributed by atoms with E-state index in [4.69, 9.17) is 11.6 Å². The van der Waals surface area contributed by atoms with E-state index in [0.717, 1.165) is 18.1 Å². The molecule has 17 heavy (non-hydrogen) atoms. The molecule has 0 amide bonds. The second-order valence-electron chi connectivity index (χ2n) is 5.37. The highest BCUT2D eigenvalue weighted by Gasteiger charge is 2.13. The van der Waals surface area contributed by atoms with Gasteiger partial charge in [-0.25, -0.2) is 0 Å². The van der Waals surface area contributed by atoms with Crippen LogP contribution in [-0.4, -0.2) is 13.1 Å². The summed E-state index contributed by atoms with van der Waals surface area (Å²) in [5.41, 5.74) is 1.37. The maximum absolute atomic E-state index is 5.90. The zero-order valence-electron chi connectivity index (χ0n) is 11.3. The van der Waals surface area contributed by atoms with Gasteiger partial charge >= 0.3 is 0 Å². The summed E-state index contributed by atoms with van der Waals surface area (Å²) in [6.07, 6.45) is 0. The Balaban J connectivity index is 2.45. The fourth-order valence-corrected chi connectivity index (χ4v) is 2.00. The number of hydrogen-bond acceptors (Lipinski definition) is 1. The molecule has 0 aromatic heterocycles. The molecule has 0 heterocycles. The lowest BCUT2D eigenvalue weighted by Gasteiger charge is -2.21. The molecular weight excluding hydrogens is 230 g/mol. The summed E-state index contributed by atoms with van der Waals surface area (Å²) < 4.78 is 0. The molecule has 0 saturated carbocycles. The molecule has 0 saturated heterocycles. The lowest BCUT2D eigenvalue weighted by molar-refractivity contribution is 0.428. The molecule has 1 N–H and O–H groups in total. The summed E-state index contributed by atoms with van der Waals surface area (Å²) in [5, 5.41) is 4.33. The molecule has 0 aliphatic heterocycles. The number of halogens is 1. The first kappa shape index (κ1) is 14.5. The molecule has 1 rings (SSSR count). The van der Waals surface area contributed by atoms with Crippen LogP contribution in [0.1, 0.15) is 39.2 Å². The van der Waals surface area contributed by atoms with Gasteiger partial charge in [0.25, 0.3) is 0 Å². The van der Waals surface area contributed by atoms with Crippen molar-refractivity contribution >= 4 is 11.6 Å². The van der Waals surface area contributed by atoms with Crippen molar-refractivity contribution in [2.24, 2.45) is 11.8 Å². The topological polar surface area (TPSA) is 12.0 Å². The Morgan fingerprint density at radius 2 is 1.59 bits per heavy atom. The minimum atomic E-state index is 0.562. The van der Waals surface area contributed by atoms with Crippen molar-refractivity contribution in [3.05, 3.63) is 34.9 Å². The van der Waals surface area contributed by atoms with Crippen LogP contribution in [0.3, 0.4) is 0 Å². The molecule has 1 aromatic carbocycles. The largest absolute Gasteiger partial charge is 0.316 e. The highest BCUT2D eigenvalue weighted by molar-refractivity contribution is 6.30. The zero-order valence-corrected chi connectivity index (χ0v) is 12.1. The first-order valence-electron chi connectivity index (χ1n) is 6.47. The van der Waals surface area contributed by atoms with Gasteiger partial charge in [0.1, 0.15) is 0 Å². The van der Waals surface area contributed by atoms with Gasteiger partial charge in [0.2, 0.25) is 0 Å². The molecule has 0 radical (unpaired) electrons. The maximum Gasteiger partial charge on any atom is 0.0406 e. The van der Waals surface area contributed by atoms with Crippen LogP contribution in [0, 0.1) is 11.8 Å². The van der Waals surface area contributed by atoms with Crippen LogP contribution in [0.4, 0.5) is 0 Å². The van der Waals surface area contributed by atoms with Gasteiger partial charge in [-0.3, -0.25) is 0 Å². The third kappa shape index (κ3) is 5.10. The van der Waals surface area contributed by atoms with Crippen molar-refractivity contribution in [3.63, 3.8) is 0 Å². The summed E-state index contributed by atoms with van der Waals surface area (Å²) >= 11 is 5.90. The highest BCUT2D eigenvalue weighted by Crippen LogP contribution is 2.24. The normalized spacial score (nSPS) is 14.9. The van der Waals surface area contributed by atoms with E-state index in [-0.39, 0.29) is 0 Å². The minimum Gasteiger partial charge on any atom is -0.316 e. The molecule has 96 valence electrons. The first-order chi connectivity index (χ1) is 8.00. The minimum absolute atomic E-state index is 0.562. The van der Waals surface area contributed by atoms with E-state index in [0.29, 0.717) is 17.8 Å². The monoisotopic (exact) mass is 253 g/mol. The predicted octanol–water partition coefficient (Wildman–Crippen LogP) is 4.33. The van der Waals surface area contributed by atoms with Crippen molar-refractivity contribution in [2.75, 3.05) is 13.1 Å². The third-order valence-corrected chi connectivity index (χ3v) is 3.52. The quantitative estimate of drug-likeness (QED) is 0.796. The van der Waals surface area contributed by atoms with Crippen LogP contribution < -0.4 is 5.32 Å². The fourth-order valence-electron chi connectivity index (χ4n) is 1.87. The van der Waals surface area contributed by atoms with Gasteiger partial charge in [0, 0.05) is 5.02 Å². The molecule has 0 bridgehead atoms. The van der Waals surface area contributed by atoms with Gasteiger partial charge in [0.05, 0.1) is 0 Å². The predicted molar refractivity (Wildman–Crippen MR) is 76.7 cm³/mol. The lowest BCUT2D eigenvalue weighted by atomic mass is 9.89. The van der Waals surface area contributed by atoms with Gasteiger partial charge in [-0.2, -0.15) is 0 Å². The Labute approximate surface area is 111 Å². The summed E-state index contributed by atoms with van der Waals surface area (Å²) in [6.45, 7) is 11.2. The molecule has 0 aliphatic carbocycles. The van der Waals surface area contributed by atoms with Crippen LogP contribution in [0.25, 0.3) is 0 Å². The Morgan fingerprint density at radius 1 is 1.00 bits per heavy atom. The van der Waals surface area contributed by atoms with Gasteiger partial charge in [-0.05, 0) is 48.5 Å². The van der Waals surface area contributed by atoms with Crippen LogP contribution in [-0.2, 0) is 0 Å². The SMILES string of the molecule is CC(C)CNCC(C)C(C)c1ccc(Cl)cc1. The van der Waals surface area contributed by atoms with Crippen molar-refractivity contribution in [2.45, 2.75) is 33.6 Å². The molecule has 2 unspecified atom stereocenters. The number of hydrogen-bond donors (Lipinski definition) is 1. The summed E-state index contributed by atoms with van der Waals surface area (Å²) in [5.74, 6) is 1.91. The van der Waals surface area contributed by atoms with E-state index in [1.54, 1.807) is 0 Å². The standard InChI is InChI=1S/C15H24ClN/c1-11(2)9-17-10-12(3)13(4)14-5-7-15(16)8-6-14/h5-8,11-13,17H,9-10H2,1-4H3. The molecule has 0 spiro atoms. The molecule has 2 atom stereocenters. The Morgan fingerprint density at radius 3 is 2.12 bits per heavy atom. The summed E-state index contributed by atoms with van der Waals surface area (Å²) in [4.78, 5) is 0. The van der Waals surface area contributed by atoms with Gasteiger partial charge in [-0.15, -0.1) is 0 Å².